The van der Waals surface area contributed by atoms with E-state index in [1.165, 1.54) is 6.07 Å². The fourth-order valence-electron chi connectivity index (χ4n) is 1.62. The van der Waals surface area contributed by atoms with E-state index in [0.29, 0.717) is 6.42 Å². The number of fused-ring (bicyclic) bond motifs is 1. The van der Waals surface area contributed by atoms with Gasteiger partial charge < -0.3 is 4.84 Å². The molecule has 0 bridgehead atoms. The molecule has 2 rings (SSSR count). The highest BCUT2D eigenvalue weighted by Crippen LogP contribution is 2.31. The highest BCUT2D eigenvalue weighted by atomic mass is 19.4. The van der Waals surface area contributed by atoms with Gasteiger partial charge in [0.05, 0.1) is 5.69 Å². The zero-order valence-corrected chi connectivity index (χ0v) is 7.89. The van der Waals surface area contributed by atoms with E-state index in [9.17, 15) is 18.0 Å². The molecule has 6 heteroatoms. The van der Waals surface area contributed by atoms with E-state index in [4.69, 9.17) is 4.84 Å². The molecule has 0 saturated carbocycles. The van der Waals surface area contributed by atoms with Crippen LogP contribution in [0.25, 0.3) is 0 Å². The van der Waals surface area contributed by atoms with Crippen LogP contribution in [-0.4, -0.2) is 11.3 Å². The van der Waals surface area contributed by atoms with Crippen molar-refractivity contribution in [2.45, 2.75) is 19.5 Å². The zero-order valence-electron chi connectivity index (χ0n) is 7.89. The number of hydrogen-bond donors (Lipinski definition) is 0. The van der Waals surface area contributed by atoms with Gasteiger partial charge in [-0.2, -0.15) is 17.9 Å². The van der Waals surface area contributed by atoms with Crippen molar-refractivity contribution >= 4 is 0 Å². The van der Waals surface area contributed by atoms with Gasteiger partial charge in [-0.1, -0.05) is 0 Å². The minimum absolute atomic E-state index is 0.173. The molecule has 0 N–H and O–H groups in total. The van der Waals surface area contributed by atoms with Crippen LogP contribution in [0.15, 0.2) is 10.9 Å². The molecule has 3 nitrogen and oxygen atoms in total. The first-order chi connectivity index (χ1) is 6.91. The van der Waals surface area contributed by atoms with Crippen LogP contribution in [0.1, 0.15) is 17.0 Å². The molecule has 0 spiro atoms. The van der Waals surface area contributed by atoms with Gasteiger partial charge in [-0.3, -0.25) is 4.79 Å². The van der Waals surface area contributed by atoms with Crippen molar-refractivity contribution in [3.05, 3.63) is 33.2 Å². The second-order valence-corrected chi connectivity index (χ2v) is 3.35. The smallest absolute Gasteiger partial charge is 0.413 e. The Morgan fingerprint density at radius 3 is 2.73 bits per heavy atom. The largest absolute Gasteiger partial charge is 0.435 e. The average Bonchev–Trinajstić information content (AvgIpc) is 2.50. The lowest BCUT2D eigenvalue weighted by molar-refractivity contribution is -0.151. The number of rotatable bonds is 0. The third-order valence-corrected chi connectivity index (χ3v) is 2.33. The van der Waals surface area contributed by atoms with Gasteiger partial charge in [0, 0.05) is 18.1 Å². The number of aromatic nitrogens is 1. The maximum atomic E-state index is 12.6. The van der Waals surface area contributed by atoms with Crippen LogP contribution in [0.5, 0.6) is 0 Å². The third-order valence-electron chi connectivity index (χ3n) is 2.33. The predicted octanol–water partition coefficient (Wildman–Crippen LogP) is 1.16. The van der Waals surface area contributed by atoms with E-state index in [-0.39, 0.29) is 17.9 Å². The van der Waals surface area contributed by atoms with Crippen LogP contribution in [-0.2, 0) is 12.6 Å². The normalized spacial score (nSPS) is 14.9. The Morgan fingerprint density at radius 2 is 2.13 bits per heavy atom. The molecule has 0 aliphatic carbocycles. The maximum Gasteiger partial charge on any atom is 0.435 e. The summed E-state index contributed by atoms with van der Waals surface area (Å²) in [5.74, 6) is 0. The molecule has 0 fully saturated rings. The Kier molecular flexibility index (Phi) is 2.02. The summed E-state index contributed by atoms with van der Waals surface area (Å²) in [6.45, 7) is 1.33. The lowest BCUT2D eigenvalue weighted by Gasteiger charge is -2.15. The predicted molar refractivity (Wildman–Crippen MR) is 45.6 cm³/mol. The molecule has 15 heavy (non-hydrogen) atoms. The number of pyridine rings is 1. The molecule has 0 amide bonds. The number of alkyl halides is 3. The van der Waals surface area contributed by atoms with Gasteiger partial charge in [0.25, 0.3) is 0 Å². The lowest BCUT2D eigenvalue weighted by Crippen LogP contribution is -2.26. The van der Waals surface area contributed by atoms with Gasteiger partial charge in [0.15, 0.2) is 11.1 Å². The van der Waals surface area contributed by atoms with Crippen LogP contribution in [0.3, 0.4) is 0 Å². The first-order valence-electron chi connectivity index (χ1n) is 4.37. The highest BCUT2D eigenvalue weighted by molar-refractivity contribution is 5.26. The monoisotopic (exact) mass is 219 g/mol. The van der Waals surface area contributed by atoms with Gasteiger partial charge in [-0.25, -0.2) is 0 Å². The van der Waals surface area contributed by atoms with Gasteiger partial charge in [-0.15, -0.1) is 0 Å². The van der Waals surface area contributed by atoms with E-state index in [1.807, 2.05) is 0 Å². The molecular weight excluding hydrogens is 211 g/mol. The summed E-state index contributed by atoms with van der Waals surface area (Å²) in [6, 6.07) is 1.19. The molecule has 1 aliphatic heterocycles. The molecule has 1 aromatic heterocycles. The van der Waals surface area contributed by atoms with Crippen LogP contribution in [0.4, 0.5) is 13.2 Å². The summed E-state index contributed by atoms with van der Waals surface area (Å²) in [7, 11) is 0. The summed E-state index contributed by atoms with van der Waals surface area (Å²) in [5, 5.41) is 0. The van der Waals surface area contributed by atoms with Crippen LogP contribution >= 0.6 is 0 Å². The first-order valence-corrected chi connectivity index (χ1v) is 4.37. The molecular formula is C9H8F3NO2. The van der Waals surface area contributed by atoms with Crippen molar-refractivity contribution in [2.75, 3.05) is 6.61 Å². The van der Waals surface area contributed by atoms with Gasteiger partial charge in [0.1, 0.15) is 6.61 Å². The fourth-order valence-corrected chi connectivity index (χ4v) is 1.62. The second-order valence-electron chi connectivity index (χ2n) is 3.35. The zero-order chi connectivity index (χ0) is 11.2. The molecule has 1 aromatic rings. The Bertz CT molecular complexity index is 462. The summed E-state index contributed by atoms with van der Waals surface area (Å²) < 4.78 is 38.7. The van der Waals surface area contributed by atoms with E-state index in [2.05, 4.69) is 0 Å². The van der Waals surface area contributed by atoms with Gasteiger partial charge >= 0.3 is 6.18 Å². The molecule has 0 radical (unpaired) electrons. The van der Waals surface area contributed by atoms with Crippen molar-refractivity contribution in [1.29, 1.82) is 0 Å². The van der Waals surface area contributed by atoms with Crippen molar-refractivity contribution in [1.82, 2.24) is 4.73 Å². The molecule has 0 atom stereocenters. The standard InChI is InChI=1S/C9H8F3NO2/c1-5-7(14)4-6-2-3-15-13(6)8(5)9(10,11)12/h4H,2-3H2,1H3. The maximum absolute atomic E-state index is 12.6. The quantitative estimate of drug-likeness (QED) is 0.655. The van der Waals surface area contributed by atoms with E-state index in [0.717, 1.165) is 11.7 Å². The Labute approximate surface area is 83.0 Å². The van der Waals surface area contributed by atoms with E-state index in [1.54, 1.807) is 0 Å². The topological polar surface area (TPSA) is 31.2 Å². The number of halogens is 3. The lowest BCUT2D eigenvalue weighted by atomic mass is 10.1. The van der Waals surface area contributed by atoms with Gasteiger partial charge in [-0.05, 0) is 6.92 Å². The summed E-state index contributed by atoms with van der Waals surface area (Å²) in [4.78, 5) is 16.1. The third kappa shape index (κ3) is 1.49. The Balaban J connectivity index is 2.77. The Hall–Kier alpha value is -1.46. The molecule has 1 aliphatic rings. The molecule has 2 heterocycles. The van der Waals surface area contributed by atoms with Crippen LogP contribution in [0.2, 0.25) is 0 Å². The minimum atomic E-state index is -4.57. The van der Waals surface area contributed by atoms with Gasteiger partial charge in [0.2, 0.25) is 0 Å². The fraction of sp³-hybridized carbons (Fsp3) is 0.444. The van der Waals surface area contributed by atoms with E-state index >= 15 is 0 Å². The molecule has 0 aromatic carbocycles. The molecule has 82 valence electrons. The molecule has 0 saturated heterocycles. The second kappa shape index (κ2) is 3.01. The van der Waals surface area contributed by atoms with Crippen molar-refractivity contribution in [3.8, 4) is 0 Å². The molecule has 0 unspecified atom stereocenters. The number of hydrogen-bond acceptors (Lipinski definition) is 2. The summed E-state index contributed by atoms with van der Waals surface area (Å²) in [6.07, 6.45) is -4.23. The number of nitrogens with zero attached hydrogens (tertiary/aromatic N) is 1. The minimum Gasteiger partial charge on any atom is -0.413 e. The average molecular weight is 219 g/mol. The highest BCUT2D eigenvalue weighted by Gasteiger charge is 2.39. The van der Waals surface area contributed by atoms with Crippen molar-refractivity contribution in [2.24, 2.45) is 0 Å². The van der Waals surface area contributed by atoms with Crippen LogP contribution < -0.4 is 10.3 Å². The Morgan fingerprint density at radius 1 is 1.47 bits per heavy atom. The van der Waals surface area contributed by atoms with Crippen molar-refractivity contribution in [3.63, 3.8) is 0 Å². The SMILES string of the molecule is Cc1c(C(F)(F)F)n2c(cc1=O)CCO2. The summed E-state index contributed by atoms with van der Waals surface area (Å²) >= 11 is 0. The van der Waals surface area contributed by atoms with E-state index < -0.39 is 17.3 Å². The van der Waals surface area contributed by atoms with Crippen LogP contribution in [0, 0.1) is 6.92 Å². The summed E-state index contributed by atoms with van der Waals surface area (Å²) in [5.41, 5.74) is -1.65. The first kappa shape index (κ1) is 10.1. The van der Waals surface area contributed by atoms with Crippen molar-refractivity contribution < 1.29 is 18.0 Å².